The van der Waals surface area contributed by atoms with E-state index in [9.17, 15) is 4.79 Å². The molecule has 0 bridgehead atoms. The molecular weight excluding hydrogens is 250 g/mol. The van der Waals surface area contributed by atoms with Crippen LogP contribution in [-0.2, 0) is 6.42 Å². The Balaban J connectivity index is 2.04. The van der Waals surface area contributed by atoms with E-state index in [4.69, 9.17) is 10.5 Å². The second kappa shape index (κ2) is 6.24. The van der Waals surface area contributed by atoms with Gasteiger partial charge in [0.15, 0.2) is 0 Å². The van der Waals surface area contributed by atoms with Gasteiger partial charge >= 0.3 is 0 Å². The number of nitrogens with two attached hydrogens (primary N) is 1. The standard InChI is InChI=1S/C17H19NO2/c1-12-13(2)16(9-8-15(12)17(18)19)20-11-10-14-6-4-3-5-7-14/h3-9H,10-11H2,1-2H3,(H2,18,19). The molecule has 0 fully saturated rings. The molecule has 2 rings (SSSR count). The van der Waals surface area contributed by atoms with E-state index in [-0.39, 0.29) is 0 Å². The van der Waals surface area contributed by atoms with Crippen LogP contribution in [0.4, 0.5) is 0 Å². The lowest BCUT2D eigenvalue weighted by Crippen LogP contribution is -2.14. The van der Waals surface area contributed by atoms with E-state index < -0.39 is 5.91 Å². The maximum atomic E-state index is 11.3. The van der Waals surface area contributed by atoms with Crippen molar-refractivity contribution >= 4 is 5.91 Å². The summed E-state index contributed by atoms with van der Waals surface area (Å²) in [6.45, 7) is 4.44. The summed E-state index contributed by atoms with van der Waals surface area (Å²) in [7, 11) is 0. The SMILES string of the molecule is Cc1c(OCCc2ccccc2)ccc(C(N)=O)c1C. The number of hydrogen-bond donors (Lipinski definition) is 1. The van der Waals surface area contributed by atoms with Crippen LogP contribution in [0.1, 0.15) is 27.0 Å². The van der Waals surface area contributed by atoms with Gasteiger partial charge in [-0.3, -0.25) is 4.79 Å². The number of benzene rings is 2. The Hall–Kier alpha value is -2.29. The van der Waals surface area contributed by atoms with Crippen molar-refractivity contribution in [2.75, 3.05) is 6.61 Å². The smallest absolute Gasteiger partial charge is 0.248 e. The molecule has 2 N–H and O–H groups in total. The third-order valence-corrected chi connectivity index (χ3v) is 3.49. The highest BCUT2D eigenvalue weighted by molar-refractivity contribution is 5.94. The van der Waals surface area contributed by atoms with Crippen molar-refractivity contribution in [1.29, 1.82) is 0 Å². The molecular formula is C17H19NO2. The van der Waals surface area contributed by atoms with Crippen LogP contribution in [0, 0.1) is 13.8 Å². The first-order valence-electron chi connectivity index (χ1n) is 6.66. The molecule has 3 heteroatoms. The molecule has 0 radical (unpaired) electrons. The van der Waals surface area contributed by atoms with Crippen molar-refractivity contribution in [2.45, 2.75) is 20.3 Å². The van der Waals surface area contributed by atoms with Gasteiger partial charge in [-0.25, -0.2) is 0 Å². The zero-order valence-electron chi connectivity index (χ0n) is 11.8. The summed E-state index contributed by atoms with van der Waals surface area (Å²) >= 11 is 0. The van der Waals surface area contributed by atoms with Crippen LogP contribution in [-0.4, -0.2) is 12.5 Å². The van der Waals surface area contributed by atoms with Gasteiger partial charge in [-0.05, 0) is 42.7 Å². The predicted octanol–water partition coefficient (Wildman–Crippen LogP) is 3.02. The van der Waals surface area contributed by atoms with Crippen LogP contribution in [0.5, 0.6) is 5.75 Å². The second-order valence-corrected chi connectivity index (χ2v) is 4.81. The zero-order chi connectivity index (χ0) is 14.5. The Morgan fingerprint density at radius 3 is 2.40 bits per heavy atom. The molecule has 3 nitrogen and oxygen atoms in total. The molecule has 0 saturated heterocycles. The molecule has 0 atom stereocenters. The maximum Gasteiger partial charge on any atom is 0.248 e. The maximum absolute atomic E-state index is 11.3. The fourth-order valence-electron chi connectivity index (χ4n) is 2.14. The Bertz CT molecular complexity index is 606. The fourth-order valence-corrected chi connectivity index (χ4v) is 2.14. The minimum atomic E-state index is -0.401. The number of carbonyl (C=O) groups is 1. The lowest BCUT2D eigenvalue weighted by atomic mass is 10.0. The molecule has 2 aromatic rings. The molecule has 1 amide bonds. The van der Waals surface area contributed by atoms with Crippen molar-refractivity contribution < 1.29 is 9.53 Å². The monoisotopic (exact) mass is 269 g/mol. The topological polar surface area (TPSA) is 52.3 Å². The van der Waals surface area contributed by atoms with Gasteiger partial charge in [0.25, 0.3) is 0 Å². The number of hydrogen-bond acceptors (Lipinski definition) is 2. The Kier molecular flexibility index (Phi) is 4.41. The van der Waals surface area contributed by atoms with Crippen LogP contribution in [0.15, 0.2) is 42.5 Å². The quantitative estimate of drug-likeness (QED) is 0.907. The van der Waals surface area contributed by atoms with E-state index in [0.717, 1.165) is 23.3 Å². The molecule has 20 heavy (non-hydrogen) atoms. The first-order valence-corrected chi connectivity index (χ1v) is 6.66. The van der Waals surface area contributed by atoms with Gasteiger partial charge < -0.3 is 10.5 Å². The van der Waals surface area contributed by atoms with Gasteiger partial charge in [0.05, 0.1) is 6.61 Å². The largest absolute Gasteiger partial charge is 0.493 e. The van der Waals surface area contributed by atoms with Crippen LogP contribution < -0.4 is 10.5 Å². The summed E-state index contributed by atoms with van der Waals surface area (Å²) in [5.74, 6) is 0.407. The van der Waals surface area contributed by atoms with Gasteiger partial charge in [0.1, 0.15) is 5.75 Å². The van der Waals surface area contributed by atoms with Crippen molar-refractivity contribution in [2.24, 2.45) is 5.73 Å². The van der Waals surface area contributed by atoms with E-state index >= 15 is 0 Å². The fraction of sp³-hybridized carbons (Fsp3) is 0.235. The van der Waals surface area contributed by atoms with Gasteiger partial charge in [0, 0.05) is 12.0 Å². The Morgan fingerprint density at radius 2 is 1.75 bits per heavy atom. The van der Waals surface area contributed by atoms with E-state index in [1.165, 1.54) is 5.56 Å². The summed E-state index contributed by atoms with van der Waals surface area (Å²) in [6, 6.07) is 13.7. The minimum Gasteiger partial charge on any atom is -0.493 e. The molecule has 0 saturated carbocycles. The van der Waals surface area contributed by atoms with Gasteiger partial charge in [-0.2, -0.15) is 0 Å². The van der Waals surface area contributed by atoms with Crippen LogP contribution in [0.25, 0.3) is 0 Å². The number of carbonyl (C=O) groups excluding carboxylic acids is 1. The highest BCUT2D eigenvalue weighted by Crippen LogP contribution is 2.24. The molecule has 0 aromatic heterocycles. The highest BCUT2D eigenvalue weighted by Gasteiger charge is 2.10. The molecule has 104 valence electrons. The Labute approximate surface area is 119 Å². The Morgan fingerprint density at radius 1 is 1.05 bits per heavy atom. The molecule has 0 aliphatic rings. The number of primary amides is 1. The average Bonchev–Trinajstić information content (AvgIpc) is 2.44. The van der Waals surface area contributed by atoms with Gasteiger partial charge in [-0.15, -0.1) is 0 Å². The first kappa shape index (κ1) is 14.1. The number of ether oxygens (including phenoxy) is 1. The van der Waals surface area contributed by atoms with Crippen molar-refractivity contribution in [3.05, 3.63) is 64.7 Å². The summed E-state index contributed by atoms with van der Waals surface area (Å²) < 4.78 is 5.80. The van der Waals surface area contributed by atoms with E-state index in [1.54, 1.807) is 6.07 Å². The van der Waals surface area contributed by atoms with Crippen molar-refractivity contribution in [3.63, 3.8) is 0 Å². The van der Waals surface area contributed by atoms with E-state index in [1.807, 2.05) is 38.1 Å². The van der Waals surface area contributed by atoms with E-state index in [0.29, 0.717) is 12.2 Å². The molecule has 2 aromatic carbocycles. The average molecular weight is 269 g/mol. The molecule has 0 aliphatic carbocycles. The number of amides is 1. The van der Waals surface area contributed by atoms with E-state index in [2.05, 4.69) is 12.1 Å². The third-order valence-electron chi connectivity index (χ3n) is 3.49. The molecule has 0 spiro atoms. The summed E-state index contributed by atoms with van der Waals surface area (Å²) in [5, 5.41) is 0. The molecule has 0 unspecified atom stereocenters. The number of rotatable bonds is 5. The van der Waals surface area contributed by atoms with Crippen molar-refractivity contribution in [3.8, 4) is 5.75 Å². The normalized spacial score (nSPS) is 10.3. The summed E-state index contributed by atoms with van der Waals surface area (Å²) in [4.78, 5) is 11.3. The minimum absolute atomic E-state index is 0.401. The zero-order valence-corrected chi connectivity index (χ0v) is 11.8. The van der Waals surface area contributed by atoms with Crippen LogP contribution in [0.2, 0.25) is 0 Å². The van der Waals surface area contributed by atoms with Gasteiger partial charge in [0.2, 0.25) is 5.91 Å². The summed E-state index contributed by atoms with van der Waals surface area (Å²) in [5.41, 5.74) is 8.98. The summed E-state index contributed by atoms with van der Waals surface area (Å²) in [6.07, 6.45) is 0.858. The van der Waals surface area contributed by atoms with Crippen molar-refractivity contribution in [1.82, 2.24) is 0 Å². The van der Waals surface area contributed by atoms with Gasteiger partial charge in [-0.1, -0.05) is 30.3 Å². The van der Waals surface area contributed by atoms with Crippen LogP contribution in [0.3, 0.4) is 0 Å². The lowest BCUT2D eigenvalue weighted by molar-refractivity contribution is 0.0999. The first-order chi connectivity index (χ1) is 9.59. The molecule has 0 heterocycles. The lowest BCUT2D eigenvalue weighted by Gasteiger charge is -2.13. The highest BCUT2D eigenvalue weighted by atomic mass is 16.5. The van der Waals surface area contributed by atoms with Crippen LogP contribution >= 0.6 is 0 Å². The molecule has 0 aliphatic heterocycles. The predicted molar refractivity (Wildman–Crippen MR) is 80.1 cm³/mol. The third kappa shape index (κ3) is 3.18. The second-order valence-electron chi connectivity index (χ2n) is 4.81.